The number of Topliss-reactive ketones (excluding diaryl/α,β-unsaturated/α-hetero) is 1. The summed E-state index contributed by atoms with van der Waals surface area (Å²) in [4.78, 5) is 27.3. The minimum atomic E-state index is -0.531. The van der Waals surface area contributed by atoms with Crippen molar-refractivity contribution in [3.05, 3.63) is 118 Å². The van der Waals surface area contributed by atoms with E-state index in [1.807, 2.05) is 56.3 Å². The smallest absolute Gasteiger partial charge is 0.254 e. The van der Waals surface area contributed by atoms with Gasteiger partial charge in [-0.1, -0.05) is 42.5 Å². The van der Waals surface area contributed by atoms with Gasteiger partial charge in [0.2, 0.25) is 0 Å². The second-order valence-corrected chi connectivity index (χ2v) is 9.39. The fourth-order valence-electron chi connectivity index (χ4n) is 5.29. The van der Waals surface area contributed by atoms with E-state index in [2.05, 4.69) is 22.8 Å². The molecular weight excluding hydrogens is 467 g/mol. The Morgan fingerprint density at radius 2 is 1.68 bits per heavy atom. The molecule has 188 valence electrons. The van der Waals surface area contributed by atoms with Crippen LogP contribution in [0, 0.1) is 5.82 Å². The molecule has 3 aromatic rings. The van der Waals surface area contributed by atoms with E-state index in [4.69, 9.17) is 4.74 Å². The zero-order valence-electron chi connectivity index (χ0n) is 20.9. The first-order valence-corrected chi connectivity index (χ1v) is 12.5. The molecule has 37 heavy (non-hydrogen) atoms. The lowest BCUT2D eigenvalue weighted by Gasteiger charge is -2.37. The summed E-state index contributed by atoms with van der Waals surface area (Å²) in [6.07, 6.45) is 1.06. The van der Waals surface area contributed by atoms with Gasteiger partial charge in [0.05, 0.1) is 6.61 Å². The van der Waals surface area contributed by atoms with Crippen LogP contribution in [0.15, 0.2) is 101 Å². The number of hydrogen-bond acceptors (Lipinski definition) is 4. The molecule has 0 fully saturated rings. The normalized spacial score (nSPS) is 19.3. The zero-order chi connectivity index (χ0) is 25.9. The maximum atomic E-state index is 13.7. The number of ether oxygens (including phenoxy) is 1. The molecule has 0 radical (unpaired) electrons. The van der Waals surface area contributed by atoms with Gasteiger partial charge in [0.1, 0.15) is 11.6 Å². The number of benzene rings is 3. The molecule has 0 saturated carbocycles. The van der Waals surface area contributed by atoms with E-state index < -0.39 is 5.92 Å². The number of carbonyl (C=O) groups is 2. The summed E-state index contributed by atoms with van der Waals surface area (Å²) < 4.78 is 19.0. The lowest BCUT2D eigenvalue weighted by atomic mass is 9.71. The van der Waals surface area contributed by atoms with Crippen molar-refractivity contribution in [3.63, 3.8) is 0 Å². The predicted molar refractivity (Wildman–Crippen MR) is 142 cm³/mol. The third-order valence-electron chi connectivity index (χ3n) is 6.97. The summed E-state index contributed by atoms with van der Waals surface area (Å²) in [6.45, 7) is 4.33. The maximum absolute atomic E-state index is 13.7. The van der Waals surface area contributed by atoms with Crippen molar-refractivity contribution >= 4 is 17.4 Å². The second kappa shape index (κ2) is 10.4. The summed E-state index contributed by atoms with van der Waals surface area (Å²) in [5.41, 5.74) is 5.11. The molecule has 1 aliphatic heterocycles. The quantitative estimate of drug-likeness (QED) is 0.425. The van der Waals surface area contributed by atoms with Crippen molar-refractivity contribution in [1.29, 1.82) is 0 Å². The molecule has 2 aliphatic rings. The summed E-state index contributed by atoms with van der Waals surface area (Å²) >= 11 is 0. The van der Waals surface area contributed by atoms with Gasteiger partial charge in [0.15, 0.2) is 5.78 Å². The fraction of sp³-hybridized carbons (Fsp3) is 0.226. The molecule has 1 amide bonds. The van der Waals surface area contributed by atoms with E-state index in [1.165, 1.54) is 24.3 Å². The maximum Gasteiger partial charge on any atom is 0.254 e. The van der Waals surface area contributed by atoms with Gasteiger partial charge < -0.3 is 15.4 Å². The molecule has 2 N–H and O–H groups in total. The van der Waals surface area contributed by atoms with Crippen LogP contribution in [-0.4, -0.2) is 18.3 Å². The van der Waals surface area contributed by atoms with Crippen LogP contribution in [-0.2, 0) is 9.59 Å². The van der Waals surface area contributed by atoms with Crippen LogP contribution in [0.1, 0.15) is 49.7 Å². The van der Waals surface area contributed by atoms with Crippen LogP contribution in [0.5, 0.6) is 5.75 Å². The van der Waals surface area contributed by atoms with Gasteiger partial charge in [-0.2, -0.15) is 0 Å². The summed E-state index contributed by atoms with van der Waals surface area (Å²) in [7, 11) is 0. The third kappa shape index (κ3) is 5.05. The molecule has 1 aliphatic carbocycles. The van der Waals surface area contributed by atoms with Gasteiger partial charge in [-0.15, -0.1) is 0 Å². The molecule has 3 aromatic carbocycles. The number of nitrogens with one attached hydrogen (secondary N) is 2. The van der Waals surface area contributed by atoms with E-state index in [1.54, 1.807) is 0 Å². The van der Waals surface area contributed by atoms with E-state index >= 15 is 0 Å². The number of carbonyl (C=O) groups excluding carboxylic acids is 2. The molecule has 1 heterocycles. The topological polar surface area (TPSA) is 67.4 Å². The van der Waals surface area contributed by atoms with Gasteiger partial charge in [-0.25, -0.2) is 4.39 Å². The number of anilines is 1. The number of rotatable bonds is 6. The summed E-state index contributed by atoms with van der Waals surface area (Å²) in [5, 5.41) is 6.28. The Kier molecular flexibility index (Phi) is 6.91. The highest BCUT2D eigenvalue weighted by atomic mass is 19.1. The number of dihydropyridines is 1. The Labute approximate surface area is 216 Å². The minimum absolute atomic E-state index is 0.0288. The van der Waals surface area contributed by atoms with Crippen LogP contribution < -0.4 is 15.4 Å². The van der Waals surface area contributed by atoms with Crippen molar-refractivity contribution < 1.29 is 18.7 Å². The first kappa shape index (κ1) is 24.5. The van der Waals surface area contributed by atoms with E-state index in [0.29, 0.717) is 42.0 Å². The second-order valence-electron chi connectivity index (χ2n) is 9.39. The van der Waals surface area contributed by atoms with Gasteiger partial charge in [-0.05, 0) is 73.7 Å². The third-order valence-corrected chi connectivity index (χ3v) is 6.97. The Hall–Kier alpha value is -4.19. The first-order valence-electron chi connectivity index (χ1n) is 12.5. The number of allylic oxidation sites excluding steroid dienone is 3. The highest BCUT2D eigenvalue weighted by Gasteiger charge is 2.40. The van der Waals surface area contributed by atoms with Crippen LogP contribution >= 0.6 is 0 Å². The number of halogens is 1. The Bertz CT molecular complexity index is 1380. The molecule has 5 nitrogen and oxygen atoms in total. The van der Waals surface area contributed by atoms with Crippen molar-refractivity contribution in [3.8, 4) is 5.75 Å². The van der Waals surface area contributed by atoms with Crippen LogP contribution in [0.25, 0.3) is 0 Å². The lowest BCUT2D eigenvalue weighted by Crippen LogP contribution is -2.37. The summed E-state index contributed by atoms with van der Waals surface area (Å²) in [6, 6.07) is 23.3. The minimum Gasteiger partial charge on any atom is -0.494 e. The first-order chi connectivity index (χ1) is 17.9. The molecule has 0 unspecified atom stereocenters. The summed E-state index contributed by atoms with van der Waals surface area (Å²) in [5.74, 6) is -0.414. The van der Waals surface area contributed by atoms with Crippen molar-refractivity contribution in [2.75, 3.05) is 11.9 Å². The van der Waals surface area contributed by atoms with E-state index in [9.17, 15) is 14.0 Å². The molecule has 0 aromatic heterocycles. The lowest BCUT2D eigenvalue weighted by molar-refractivity contribution is -0.116. The Morgan fingerprint density at radius 1 is 0.973 bits per heavy atom. The van der Waals surface area contributed by atoms with Crippen LogP contribution in [0.2, 0.25) is 0 Å². The van der Waals surface area contributed by atoms with Crippen molar-refractivity contribution in [2.24, 2.45) is 0 Å². The Balaban J connectivity index is 1.55. The molecule has 0 bridgehead atoms. The van der Waals surface area contributed by atoms with Gasteiger partial charge in [-0.3, -0.25) is 9.59 Å². The molecule has 6 heteroatoms. The number of hydrogen-bond donors (Lipinski definition) is 2. The molecule has 0 spiro atoms. The SMILES string of the molecule is CCOc1ccc([C@@H]2C(C(=O)Nc3ccc(F)cc3)=C(C)NC3=C2C(=O)C[C@H](c2ccccc2)C3)cc1. The zero-order valence-corrected chi connectivity index (χ0v) is 20.9. The Morgan fingerprint density at radius 3 is 2.35 bits per heavy atom. The number of amides is 1. The van der Waals surface area contributed by atoms with Crippen LogP contribution in [0.4, 0.5) is 10.1 Å². The van der Waals surface area contributed by atoms with Crippen LogP contribution in [0.3, 0.4) is 0 Å². The predicted octanol–water partition coefficient (Wildman–Crippen LogP) is 6.22. The molecule has 0 saturated heterocycles. The average Bonchev–Trinajstić information content (AvgIpc) is 2.90. The highest BCUT2D eigenvalue weighted by molar-refractivity contribution is 6.10. The monoisotopic (exact) mass is 496 g/mol. The molecule has 5 rings (SSSR count). The van der Waals surface area contributed by atoms with Gasteiger partial charge >= 0.3 is 0 Å². The fourth-order valence-corrected chi connectivity index (χ4v) is 5.29. The largest absolute Gasteiger partial charge is 0.494 e. The molecular formula is C31H29FN2O3. The van der Waals surface area contributed by atoms with Crippen molar-refractivity contribution in [2.45, 2.75) is 38.5 Å². The standard InChI is InChI=1S/C31H29FN2O3/c1-3-37-25-15-9-21(10-16-25)29-28(31(36)34-24-13-11-23(32)12-14-24)19(2)33-26-17-22(18-27(35)30(26)29)20-7-5-4-6-8-20/h4-16,22,29,33H,3,17-18H2,1-2H3,(H,34,36)/t22-,29-/m1/s1. The van der Waals surface area contributed by atoms with E-state index in [-0.39, 0.29) is 23.4 Å². The average molecular weight is 497 g/mol. The highest BCUT2D eigenvalue weighted by Crippen LogP contribution is 2.45. The van der Waals surface area contributed by atoms with Gasteiger partial charge in [0.25, 0.3) is 5.91 Å². The van der Waals surface area contributed by atoms with Crippen molar-refractivity contribution in [1.82, 2.24) is 5.32 Å². The van der Waals surface area contributed by atoms with Gasteiger partial charge in [0, 0.05) is 40.6 Å². The number of ketones is 1. The molecule has 2 atom stereocenters. The van der Waals surface area contributed by atoms with E-state index in [0.717, 1.165) is 22.6 Å².